The minimum absolute atomic E-state index is 0.00117. The molecule has 0 heterocycles. The highest BCUT2D eigenvalue weighted by Gasteiger charge is 2.28. The van der Waals surface area contributed by atoms with Crippen molar-refractivity contribution in [3.8, 4) is 5.75 Å². The van der Waals surface area contributed by atoms with E-state index < -0.39 is 47.0 Å². The first-order valence-electron chi connectivity index (χ1n) is 7.21. The maximum atomic E-state index is 12.7. The van der Waals surface area contributed by atoms with E-state index in [1.54, 1.807) is 0 Å². The summed E-state index contributed by atoms with van der Waals surface area (Å²) < 4.78 is 81.9. The zero-order valence-corrected chi connectivity index (χ0v) is 15.6. The summed E-state index contributed by atoms with van der Waals surface area (Å²) in [6.07, 6.45) is 0. The average Bonchev–Trinajstić information content (AvgIpc) is 2.60. The fraction of sp³-hybridized carbons (Fsp3) is 0.143. The molecule has 152 valence electrons. The molecule has 2 aromatic carbocycles. The topological polar surface area (TPSA) is 145 Å². The number of nitro benzene ring substituents is 1. The number of halogens is 2. The van der Waals surface area contributed by atoms with Crippen molar-refractivity contribution in [2.75, 3.05) is 16.6 Å². The second-order valence-electron chi connectivity index (χ2n) is 5.18. The van der Waals surface area contributed by atoms with Crippen LogP contribution in [0.2, 0.25) is 0 Å². The van der Waals surface area contributed by atoms with E-state index in [2.05, 4.69) is 0 Å². The van der Waals surface area contributed by atoms with Gasteiger partial charge in [-0.3, -0.25) is 19.6 Å². The molecule has 0 fully saturated rings. The molecule has 2 aromatic rings. The van der Waals surface area contributed by atoms with Crippen LogP contribution in [0.15, 0.2) is 47.4 Å². The first-order valence-corrected chi connectivity index (χ1v) is 10.2. The molecule has 0 amide bonds. The van der Waals surface area contributed by atoms with Crippen molar-refractivity contribution in [1.29, 1.82) is 0 Å². The summed E-state index contributed by atoms with van der Waals surface area (Å²) in [5.41, 5.74) is -1.26. The quantitative estimate of drug-likeness (QED) is 0.476. The van der Waals surface area contributed by atoms with Gasteiger partial charge in [0.15, 0.2) is 0 Å². The highest BCUT2D eigenvalue weighted by atomic mass is 32.2. The lowest BCUT2D eigenvalue weighted by Crippen LogP contribution is -2.23. The van der Waals surface area contributed by atoms with Crippen LogP contribution in [0.4, 0.5) is 25.8 Å². The number of nitrogens with one attached hydrogen (secondary N) is 2. The molecule has 0 aliphatic rings. The van der Waals surface area contributed by atoms with Crippen molar-refractivity contribution >= 4 is 37.1 Å². The normalized spacial score (nSPS) is 11.9. The Morgan fingerprint density at radius 1 is 1.07 bits per heavy atom. The average molecular weight is 437 g/mol. The molecule has 0 atom stereocenters. The number of nitrogens with zero attached hydrogens (tertiary/aromatic N) is 1. The van der Waals surface area contributed by atoms with Gasteiger partial charge < -0.3 is 4.74 Å². The molecule has 0 aliphatic heterocycles. The minimum Gasteiger partial charge on any atom is -0.497 e. The van der Waals surface area contributed by atoms with Crippen molar-refractivity contribution in [3.05, 3.63) is 52.6 Å². The zero-order chi connectivity index (χ0) is 21.1. The molecule has 2 rings (SSSR count). The van der Waals surface area contributed by atoms with Gasteiger partial charge in [-0.05, 0) is 18.2 Å². The van der Waals surface area contributed by atoms with E-state index in [9.17, 15) is 35.7 Å². The van der Waals surface area contributed by atoms with Crippen LogP contribution in [0.1, 0.15) is 0 Å². The lowest BCUT2D eigenvalue weighted by Gasteiger charge is -2.15. The number of non-ortho nitro benzene ring substituents is 1. The van der Waals surface area contributed by atoms with Gasteiger partial charge >= 0.3 is 5.76 Å². The van der Waals surface area contributed by atoms with E-state index in [0.717, 1.165) is 24.3 Å². The number of sulfonamides is 2. The number of nitro groups is 1. The predicted octanol–water partition coefficient (Wildman–Crippen LogP) is 2.37. The van der Waals surface area contributed by atoms with Gasteiger partial charge in [0.05, 0.1) is 23.4 Å². The summed E-state index contributed by atoms with van der Waals surface area (Å²) in [4.78, 5) is 9.37. The Bertz CT molecular complexity index is 1110. The zero-order valence-electron chi connectivity index (χ0n) is 14.0. The summed E-state index contributed by atoms with van der Waals surface area (Å²) in [7, 11) is -8.48. The van der Waals surface area contributed by atoms with Crippen LogP contribution < -0.4 is 14.2 Å². The monoisotopic (exact) mass is 437 g/mol. The Kier molecular flexibility index (Phi) is 6.04. The molecule has 0 bridgehead atoms. The first kappa shape index (κ1) is 21.3. The Hall–Kier alpha value is -3.00. The standard InChI is InChI=1S/C14H13F2N3O7S2/c1-26-11-5-6-13(12(8-11)18-28(24,25)14(15)16)27(22,23)17-9-3-2-4-10(7-9)19(20)21/h2-8,14,17-18H,1H3. The molecule has 0 radical (unpaired) electrons. The van der Waals surface area contributed by atoms with Gasteiger partial charge in [0.1, 0.15) is 10.6 Å². The highest BCUT2D eigenvalue weighted by Crippen LogP contribution is 2.30. The van der Waals surface area contributed by atoms with Gasteiger partial charge in [0.25, 0.3) is 25.7 Å². The van der Waals surface area contributed by atoms with Crippen molar-refractivity contribution in [2.24, 2.45) is 0 Å². The van der Waals surface area contributed by atoms with Crippen molar-refractivity contribution < 1.29 is 35.3 Å². The molecule has 0 saturated heterocycles. The molecule has 0 aromatic heterocycles. The summed E-state index contributed by atoms with van der Waals surface area (Å²) in [5.74, 6) is -3.81. The van der Waals surface area contributed by atoms with E-state index >= 15 is 0 Å². The number of alkyl halides is 2. The molecule has 0 spiro atoms. The largest absolute Gasteiger partial charge is 0.497 e. The maximum absolute atomic E-state index is 12.7. The second kappa shape index (κ2) is 7.93. The van der Waals surface area contributed by atoms with Gasteiger partial charge in [-0.15, -0.1) is 0 Å². The van der Waals surface area contributed by atoms with Gasteiger partial charge in [-0.1, -0.05) is 6.07 Å². The number of rotatable bonds is 8. The Morgan fingerprint density at radius 2 is 1.75 bits per heavy atom. The van der Waals surface area contributed by atoms with Crippen LogP contribution in [0, 0.1) is 10.1 Å². The van der Waals surface area contributed by atoms with Crippen LogP contribution in [-0.2, 0) is 20.0 Å². The molecule has 14 heteroatoms. The SMILES string of the molecule is COc1ccc(S(=O)(=O)Nc2cccc([N+](=O)[O-])c2)c(NS(=O)(=O)C(F)F)c1. The van der Waals surface area contributed by atoms with Crippen molar-refractivity contribution in [1.82, 2.24) is 0 Å². The van der Waals surface area contributed by atoms with Crippen LogP contribution in [0.25, 0.3) is 0 Å². The molecule has 0 unspecified atom stereocenters. The lowest BCUT2D eigenvalue weighted by atomic mass is 10.3. The third-order valence-electron chi connectivity index (χ3n) is 3.27. The minimum atomic E-state index is -5.17. The molecule has 2 N–H and O–H groups in total. The van der Waals surface area contributed by atoms with E-state index in [1.165, 1.54) is 30.0 Å². The first-order chi connectivity index (χ1) is 13.0. The summed E-state index contributed by atoms with van der Waals surface area (Å²) >= 11 is 0. The van der Waals surface area contributed by atoms with E-state index in [4.69, 9.17) is 4.74 Å². The Morgan fingerprint density at radius 3 is 2.32 bits per heavy atom. The van der Waals surface area contributed by atoms with E-state index in [-0.39, 0.29) is 11.4 Å². The van der Waals surface area contributed by atoms with Gasteiger partial charge in [-0.25, -0.2) is 16.8 Å². The molecule has 0 saturated carbocycles. The van der Waals surface area contributed by atoms with Crippen LogP contribution in [-0.4, -0.2) is 34.6 Å². The molecule has 28 heavy (non-hydrogen) atoms. The Balaban J connectivity index is 2.50. The third-order valence-corrected chi connectivity index (χ3v) is 5.69. The second-order valence-corrected chi connectivity index (χ2v) is 8.48. The third kappa shape index (κ3) is 4.83. The summed E-state index contributed by atoms with van der Waals surface area (Å²) in [6, 6.07) is 7.52. The van der Waals surface area contributed by atoms with E-state index in [0.29, 0.717) is 0 Å². The van der Waals surface area contributed by atoms with Gasteiger partial charge in [0.2, 0.25) is 0 Å². The van der Waals surface area contributed by atoms with Crippen LogP contribution in [0.3, 0.4) is 0 Å². The summed E-state index contributed by atoms with van der Waals surface area (Å²) in [5, 5.41) is 10.8. The molecule has 0 aliphatic carbocycles. The van der Waals surface area contributed by atoms with E-state index in [1.807, 2.05) is 4.72 Å². The fourth-order valence-electron chi connectivity index (χ4n) is 2.04. The summed E-state index contributed by atoms with van der Waals surface area (Å²) in [6.45, 7) is 0. The Labute approximate surface area is 158 Å². The molecule has 10 nitrogen and oxygen atoms in total. The van der Waals surface area contributed by atoms with Crippen LogP contribution in [0.5, 0.6) is 5.75 Å². The van der Waals surface area contributed by atoms with Crippen LogP contribution >= 0.6 is 0 Å². The van der Waals surface area contributed by atoms with Gasteiger partial charge in [0, 0.05) is 18.2 Å². The number of benzene rings is 2. The number of anilines is 2. The maximum Gasteiger partial charge on any atom is 0.355 e. The smallest absolute Gasteiger partial charge is 0.355 e. The molecular formula is C14H13F2N3O7S2. The number of hydrogen-bond acceptors (Lipinski definition) is 7. The van der Waals surface area contributed by atoms with Crippen molar-refractivity contribution in [3.63, 3.8) is 0 Å². The lowest BCUT2D eigenvalue weighted by molar-refractivity contribution is -0.384. The number of methoxy groups -OCH3 is 1. The fourth-order valence-corrected chi connectivity index (χ4v) is 3.86. The van der Waals surface area contributed by atoms with Crippen molar-refractivity contribution in [2.45, 2.75) is 10.7 Å². The number of hydrogen-bond donors (Lipinski definition) is 2. The predicted molar refractivity (Wildman–Crippen MR) is 95.4 cm³/mol. The van der Waals surface area contributed by atoms with Gasteiger partial charge in [-0.2, -0.15) is 8.78 Å². The number of ether oxygens (including phenoxy) is 1. The molecular weight excluding hydrogens is 424 g/mol. The highest BCUT2D eigenvalue weighted by molar-refractivity contribution is 7.94.